The van der Waals surface area contributed by atoms with Gasteiger partial charge in [-0.25, -0.2) is 0 Å². The predicted octanol–water partition coefficient (Wildman–Crippen LogP) is 4.24. The summed E-state index contributed by atoms with van der Waals surface area (Å²) in [6, 6.07) is 5.57. The van der Waals surface area contributed by atoms with Crippen LogP contribution in [0.25, 0.3) is 0 Å². The molecule has 0 amide bonds. The SMILES string of the molecule is Cc1c([S])cccc1Cl.Cl.F.F.F.F. The first kappa shape index (κ1) is 29.2. The lowest BCUT2D eigenvalue weighted by Gasteiger charge is -1.96. The number of hydrogen-bond acceptors (Lipinski definition) is 0. The minimum atomic E-state index is 0. The predicted molar refractivity (Wildman–Crippen MR) is 59.3 cm³/mol. The maximum absolute atomic E-state index is 5.75. The van der Waals surface area contributed by atoms with Crippen LogP contribution >= 0.6 is 36.6 Å². The van der Waals surface area contributed by atoms with Gasteiger partial charge in [-0.15, -0.1) is 12.4 Å². The van der Waals surface area contributed by atoms with Crippen LogP contribution in [-0.4, -0.2) is 0 Å². The molecule has 0 fully saturated rings. The summed E-state index contributed by atoms with van der Waals surface area (Å²) in [5.74, 6) is 0. The van der Waals surface area contributed by atoms with E-state index in [1.807, 2.05) is 25.1 Å². The molecule has 1 rings (SSSR count). The molecule has 1 aromatic rings. The second kappa shape index (κ2) is 12.7. The van der Waals surface area contributed by atoms with Gasteiger partial charge in [-0.3, -0.25) is 18.8 Å². The zero-order valence-electron chi connectivity index (χ0n) is 7.06. The van der Waals surface area contributed by atoms with E-state index in [1.54, 1.807) is 0 Å². The van der Waals surface area contributed by atoms with Gasteiger partial charge in [0.05, 0.1) is 0 Å². The van der Waals surface area contributed by atoms with Gasteiger partial charge in [0.25, 0.3) is 0 Å². The first-order valence-electron chi connectivity index (χ1n) is 2.64. The Morgan fingerprint density at radius 2 is 1.50 bits per heavy atom. The highest BCUT2D eigenvalue weighted by Crippen LogP contribution is 2.20. The lowest BCUT2D eigenvalue weighted by Crippen LogP contribution is -1.75. The number of halogens is 6. The Hall–Kier alpha value is -0.260. The number of rotatable bonds is 0. The van der Waals surface area contributed by atoms with Gasteiger partial charge in [-0.2, -0.15) is 0 Å². The van der Waals surface area contributed by atoms with Gasteiger partial charge in [0.2, 0.25) is 0 Å². The molecule has 1 radical (unpaired) electrons. The van der Waals surface area contributed by atoms with Crippen molar-refractivity contribution in [1.82, 2.24) is 0 Å². The van der Waals surface area contributed by atoms with Gasteiger partial charge in [0, 0.05) is 9.92 Å². The normalized spacial score (nSPS) is 6.14. The summed E-state index contributed by atoms with van der Waals surface area (Å²) >= 11 is 10.7. The van der Waals surface area contributed by atoms with Gasteiger partial charge in [-0.05, 0) is 24.6 Å². The minimum absolute atomic E-state index is 0. The Labute approximate surface area is 96.3 Å². The fourth-order valence-electron chi connectivity index (χ4n) is 0.588. The van der Waals surface area contributed by atoms with Crippen molar-refractivity contribution in [3.8, 4) is 0 Å². The molecule has 0 N–H and O–H groups in total. The molecule has 0 atom stereocenters. The van der Waals surface area contributed by atoms with Crippen LogP contribution in [0.2, 0.25) is 5.02 Å². The summed E-state index contributed by atoms with van der Waals surface area (Å²) in [5, 5.41) is 0.752. The molecular formula is C7H11Cl2F4S. The second-order valence-corrected chi connectivity index (χ2v) is 2.71. The molecule has 0 nitrogen and oxygen atoms in total. The summed E-state index contributed by atoms with van der Waals surface area (Å²) in [7, 11) is 0. The van der Waals surface area contributed by atoms with Crippen LogP contribution in [0.3, 0.4) is 0 Å². The largest absolute Gasteiger partial charge is 0.269 e. The number of benzene rings is 1. The molecule has 0 saturated heterocycles. The van der Waals surface area contributed by atoms with Crippen molar-refractivity contribution in [1.29, 1.82) is 0 Å². The minimum Gasteiger partial charge on any atom is -0.269 e. The third-order valence-electron chi connectivity index (χ3n) is 1.22. The third kappa shape index (κ3) is 7.17. The van der Waals surface area contributed by atoms with Crippen LogP contribution in [0.5, 0.6) is 0 Å². The Morgan fingerprint density at radius 1 is 1.07 bits per heavy atom. The molecule has 0 aliphatic heterocycles. The van der Waals surface area contributed by atoms with Crippen molar-refractivity contribution in [2.45, 2.75) is 11.8 Å². The molecule has 7 heteroatoms. The molecular weight excluding hydrogens is 263 g/mol. The maximum atomic E-state index is 5.75. The molecule has 0 heterocycles. The lowest BCUT2D eigenvalue weighted by atomic mass is 10.2. The van der Waals surface area contributed by atoms with Gasteiger partial charge >= 0.3 is 0 Å². The smallest absolute Gasteiger partial charge is 0.0449 e. The summed E-state index contributed by atoms with van der Waals surface area (Å²) in [6.45, 7) is 1.92. The van der Waals surface area contributed by atoms with Crippen LogP contribution in [-0.2, 0) is 0 Å². The van der Waals surface area contributed by atoms with Gasteiger partial charge in [-0.1, -0.05) is 30.3 Å². The molecule has 0 saturated carbocycles. The molecule has 0 unspecified atom stereocenters. The van der Waals surface area contributed by atoms with E-state index in [0.29, 0.717) is 0 Å². The summed E-state index contributed by atoms with van der Waals surface area (Å²) in [4.78, 5) is 0.836. The second-order valence-electron chi connectivity index (χ2n) is 1.86. The molecule has 0 aliphatic rings. The fraction of sp³-hybridized carbons (Fsp3) is 0.143. The van der Waals surface area contributed by atoms with Crippen molar-refractivity contribution < 1.29 is 18.8 Å². The Bertz CT molecular complexity index is 215. The van der Waals surface area contributed by atoms with Crippen molar-refractivity contribution in [3.63, 3.8) is 0 Å². The van der Waals surface area contributed by atoms with E-state index in [9.17, 15) is 0 Å². The lowest BCUT2D eigenvalue weighted by molar-refractivity contribution is 1.11. The topological polar surface area (TPSA) is 0 Å². The zero-order valence-corrected chi connectivity index (χ0v) is 9.45. The van der Waals surface area contributed by atoms with Crippen LogP contribution in [0.1, 0.15) is 5.56 Å². The van der Waals surface area contributed by atoms with E-state index >= 15 is 0 Å². The van der Waals surface area contributed by atoms with Crippen LogP contribution < -0.4 is 0 Å². The first-order valence-corrected chi connectivity index (χ1v) is 3.42. The highest BCUT2D eigenvalue weighted by molar-refractivity contribution is 7.80. The van der Waals surface area contributed by atoms with Crippen LogP contribution in [0.15, 0.2) is 23.1 Å². The maximum Gasteiger partial charge on any atom is 0.0449 e. The quantitative estimate of drug-likeness (QED) is 0.621. The van der Waals surface area contributed by atoms with Gasteiger partial charge in [0.15, 0.2) is 0 Å². The molecule has 1 aromatic carbocycles. The number of hydrogen-bond donors (Lipinski definition) is 0. The summed E-state index contributed by atoms with van der Waals surface area (Å²) in [6.07, 6.45) is 0. The van der Waals surface area contributed by atoms with Crippen molar-refractivity contribution in [2.75, 3.05) is 0 Å². The van der Waals surface area contributed by atoms with E-state index in [4.69, 9.17) is 24.2 Å². The third-order valence-corrected chi connectivity index (χ3v) is 2.07. The molecule has 87 valence electrons. The zero-order chi connectivity index (χ0) is 6.85. The van der Waals surface area contributed by atoms with Gasteiger partial charge < -0.3 is 0 Å². The standard InChI is InChI=1S/C7H6ClS.ClH.4FH/c1-5-6(8)3-2-4-7(5)9;;;;;/h2-4H,1H3;5*1H. The Morgan fingerprint density at radius 3 is 1.79 bits per heavy atom. The van der Waals surface area contributed by atoms with Crippen LogP contribution in [0.4, 0.5) is 18.8 Å². The van der Waals surface area contributed by atoms with E-state index < -0.39 is 0 Å². The van der Waals surface area contributed by atoms with Crippen molar-refractivity contribution in [2.24, 2.45) is 0 Å². The highest BCUT2D eigenvalue weighted by Gasteiger charge is 1.95. The van der Waals surface area contributed by atoms with E-state index in [-0.39, 0.29) is 31.2 Å². The Kier molecular flexibility index (Phi) is 26.6. The van der Waals surface area contributed by atoms with Gasteiger partial charge in [0.1, 0.15) is 0 Å². The van der Waals surface area contributed by atoms with Crippen molar-refractivity contribution >= 4 is 36.6 Å². The molecule has 0 aliphatic carbocycles. The van der Waals surface area contributed by atoms with Crippen molar-refractivity contribution in [3.05, 3.63) is 28.8 Å². The summed E-state index contributed by atoms with van der Waals surface area (Å²) in [5.41, 5.74) is 0.995. The monoisotopic (exact) mass is 273 g/mol. The molecule has 14 heavy (non-hydrogen) atoms. The van der Waals surface area contributed by atoms with Crippen LogP contribution in [0, 0.1) is 6.92 Å². The summed E-state index contributed by atoms with van der Waals surface area (Å²) < 4.78 is 0. The van der Waals surface area contributed by atoms with E-state index in [2.05, 4.69) is 0 Å². The first-order chi connectivity index (χ1) is 4.22. The molecule has 0 spiro atoms. The van der Waals surface area contributed by atoms with E-state index in [0.717, 1.165) is 15.5 Å². The fourth-order valence-corrected chi connectivity index (χ4v) is 1.01. The average Bonchev–Trinajstić information content (AvgIpc) is 1.83. The molecule has 0 bridgehead atoms. The highest BCUT2D eigenvalue weighted by atomic mass is 35.5. The van der Waals surface area contributed by atoms with E-state index in [1.165, 1.54) is 0 Å². The average molecular weight is 274 g/mol. The molecule has 0 aromatic heterocycles. The Balaban J connectivity index is -0.0000000540.